The second-order valence-corrected chi connectivity index (χ2v) is 27.3. The van der Waals surface area contributed by atoms with Crippen LogP contribution in [0.2, 0.25) is 0 Å². The van der Waals surface area contributed by atoms with Gasteiger partial charge in [-0.25, -0.2) is 16.8 Å². The summed E-state index contributed by atoms with van der Waals surface area (Å²) in [5.74, 6) is 0. The first-order chi connectivity index (χ1) is 28.8. The van der Waals surface area contributed by atoms with Gasteiger partial charge < -0.3 is 9.11 Å². The molecule has 0 heterocycles. The standard InChI is InChI=1S/2C20H26I.C7H5F3O3S.CHF3O3S/c2*1-19(2,3)15-7-11-17(12-8-15)21-18-13-9-16(10-14-18)20(4,5)6;8-7(9,10)5-3-1-2-4-6(5)14(11,12)13;2-1(3,4)8(5,6)7/h2*7-14H,1-6H3;1-4H,(H,11,12,13);(H,5,6,7)/q2*+1;;/p-2. The number of alkyl halides is 6. The van der Waals surface area contributed by atoms with Gasteiger partial charge in [-0.1, -0.05) is 144 Å². The van der Waals surface area contributed by atoms with Crippen molar-refractivity contribution in [3.05, 3.63) is 163 Å². The summed E-state index contributed by atoms with van der Waals surface area (Å²) >= 11 is -0.141. The van der Waals surface area contributed by atoms with Crippen LogP contribution in [-0.2, 0) is 48.1 Å². The van der Waals surface area contributed by atoms with Gasteiger partial charge in [0.2, 0.25) is 0 Å². The van der Waals surface area contributed by atoms with Gasteiger partial charge >= 0.3 is 54.1 Å². The Morgan fingerprint density at radius 1 is 0.391 bits per heavy atom. The lowest BCUT2D eigenvalue weighted by Gasteiger charge is -2.18. The van der Waals surface area contributed by atoms with Crippen LogP contribution in [0.25, 0.3) is 0 Å². The fourth-order valence-corrected chi connectivity index (χ4v) is 10.2. The van der Waals surface area contributed by atoms with E-state index in [2.05, 4.69) is 180 Å². The van der Waals surface area contributed by atoms with Crippen LogP contribution in [-0.4, -0.2) is 31.4 Å². The molecule has 0 bridgehead atoms. The molecule has 5 rings (SSSR count). The van der Waals surface area contributed by atoms with E-state index >= 15 is 0 Å². The highest BCUT2D eigenvalue weighted by molar-refractivity contribution is 7.86. The van der Waals surface area contributed by atoms with Gasteiger partial charge in [-0.3, -0.25) is 0 Å². The molecule has 0 aliphatic rings. The van der Waals surface area contributed by atoms with E-state index in [4.69, 9.17) is 13.0 Å². The molecular formula is C48H56F6I2O6S2. The zero-order valence-corrected chi connectivity index (χ0v) is 43.8. The molecule has 16 heteroatoms. The molecule has 5 aromatic rings. The number of hydrogen-bond acceptors (Lipinski definition) is 6. The molecule has 0 N–H and O–H groups in total. The molecule has 5 aromatic carbocycles. The van der Waals surface area contributed by atoms with Crippen molar-refractivity contribution in [1.29, 1.82) is 0 Å². The number of benzene rings is 5. The summed E-state index contributed by atoms with van der Waals surface area (Å²) in [6.07, 6.45) is -4.84. The molecule has 0 saturated carbocycles. The van der Waals surface area contributed by atoms with E-state index in [0.717, 1.165) is 12.1 Å². The molecule has 0 radical (unpaired) electrons. The zero-order chi connectivity index (χ0) is 49.3. The number of halogens is 8. The van der Waals surface area contributed by atoms with Crippen molar-refractivity contribution in [2.24, 2.45) is 0 Å². The maximum Gasteiger partial charge on any atom is 0.485 e. The smallest absolute Gasteiger partial charge is 0.485 e. The molecule has 0 spiro atoms. The summed E-state index contributed by atoms with van der Waals surface area (Å²) in [4.78, 5) is -1.24. The Labute approximate surface area is 396 Å². The van der Waals surface area contributed by atoms with Gasteiger partial charge in [0.05, 0.1) is 10.5 Å². The van der Waals surface area contributed by atoms with E-state index in [1.54, 1.807) is 0 Å². The summed E-state index contributed by atoms with van der Waals surface area (Å²) in [5.41, 5.74) is -0.455. The molecule has 6 nitrogen and oxygen atoms in total. The summed E-state index contributed by atoms with van der Waals surface area (Å²) in [6, 6.07) is 40.1. The SMILES string of the molecule is CC(C)(C)c1ccc([I+]c2ccc(C(C)(C)C)cc2)cc1.CC(C)(C)c1ccc([I+]c2ccc(C(C)(C)C)cc2)cc1.O=S(=O)([O-])C(F)(F)F.O=S(=O)([O-])c1ccccc1C(F)(F)F. The first-order valence-electron chi connectivity index (χ1n) is 19.7. The zero-order valence-electron chi connectivity index (χ0n) is 37.8. The predicted octanol–water partition coefficient (Wildman–Crippen LogP) is 6.48. The summed E-state index contributed by atoms with van der Waals surface area (Å²) in [6.45, 7) is 27.2. The van der Waals surface area contributed by atoms with Crippen molar-refractivity contribution in [2.45, 2.75) is 121 Å². The van der Waals surface area contributed by atoms with E-state index in [0.29, 0.717) is 12.1 Å². The Morgan fingerprint density at radius 3 is 0.766 bits per heavy atom. The highest BCUT2D eigenvalue weighted by Crippen LogP contribution is 2.33. The lowest BCUT2D eigenvalue weighted by atomic mass is 9.87. The van der Waals surface area contributed by atoms with Gasteiger partial charge in [0.25, 0.3) is 0 Å². The third-order valence-electron chi connectivity index (χ3n) is 9.02. The Hall–Kier alpha value is -3.04. The highest BCUT2D eigenvalue weighted by Gasteiger charge is 2.37. The molecule has 0 unspecified atom stereocenters. The fourth-order valence-electron chi connectivity index (χ4n) is 5.22. The van der Waals surface area contributed by atoms with Crippen LogP contribution in [0.15, 0.2) is 126 Å². The average molecular weight is 1160 g/mol. The van der Waals surface area contributed by atoms with Crippen LogP contribution < -0.4 is 42.4 Å². The number of rotatable bonds is 5. The van der Waals surface area contributed by atoms with Crippen LogP contribution in [0.5, 0.6) is 0 Å². The van der Waals surface area contributed by atoms with E-state index in [1.165, 1.54) is 36.5 Å². The van der Waals surface area contributed by atoms with E-state index < -0.39 is 42.4 Å². The van der Waals surface area contributed by atoms with Gasteiger partial charge in [-0.2, -0.15) is 26.3 Å². The molecule has 64 heavy (non-hydrogen) atoms. The quantitative estimate of drug-likeness (QED) is 0.0863. The van der Waals surface area contributed by atoms with Gasteiger partial charge in [-0.15, -0.1) is 0 Å². The van der Waals surface area contributed by atoms with Crippen LogP contribution >= 0.6 is 0 Å². The predicted molar refractivity (Wildman–Crippen MR) is 231 cm³/mol. The average Bonchev–Trinajstić information content (AvgIpc) is 3.14. The highest BCUT2D eigenvalue weighted by atomic mass is 127. The minimum absolute atomic E-state index is 0.0703. The van der Waals surface area contributed by atoms with Gasteiger partial charge in [0.15, 0.2) is 24.4 Å². The minimum atomic E-state index is -6.09. The molecule has 0 atom stereocenters. The summed E-state index contributed by atoms with van der Waals surface area (Å²) < 4.78 is 133. The van der Waals surface area contributed by atoms with Crippen molar-refractivity contribution in [3.8, 4) is 0 Å². The normalized spacial score (nSPS) is 12.8. The Balaban J connectivity index is 0.000000309. The molecule has 0 amide bonds. The number of hydrogen-bond donors (Lipinski definition) is 0. The third-order valence-corrected chi connectivity index (χ3v) is 15.9. The molecular weight excluding hydrogens is 1100 g/mol. The van der Waals surface area contributed by atoms with Crippen molar-refractivity contribution in [2.75, 3.05) is 0 Å². The molecule has 0 fully saturated rings. The van der Waals surface area contributed by atoms with Crippen molar-refractivity contribution >= 4 is 20.2 Å². The second-order valence-electron chi connectivity index (χ2n) is 18.6. The van der Waals surface area contributed by atoms with Gasteiger partial charge in [0.1, 0.15) is 10.1 Å². The Bertz CT molecular complexity index is 2240. The molecule has 352 valence electrons. The molecule has 0 aliphatic heterocycles. The molecule has 0 saturated heterocycles. The van der Waals surface area contributed by atoms with Crippen LogP contribution in [0.3, 0.4) is 0 Å². The van der Waals surface area contributed by atoms with Crippen molar-refractivity contribution < 1.29 is 94.7 Å². The van der Waals surface area contributed by atoms with Gasteiger partial charge in [0, 0.05) is 0 Å². The molecule has 0 aliphatic carbocycles. The van der Waals surface area contributed by atoms with Gasteiger partial charge in [-0.05, 0) is 105 Å². The lowest BCUT2D eigenvalue weighted by Crippen LogP contribution is -3.61. The molecule has 0 aromatic heterocycles. The first kappa shape index (κ1) is 57.1. The Kier molecular flexibility index (Phi) is 19.8. The summed E-state index contributed by atoms with van der Waals surface area (Å²) in [5, 5.41) is 0. The monoisotopic (exact) mass is 1160 g/mol. The maximum absolute atomic E-state index is 12.2. The summed E-state index contributed by atoms with van der Waals surface area (Å²) in [7, 11) is -11.2. The second kappa shape index (κ2) is 22.2. The third kappa shape index (κ3) is 19.4. The van der Waals surface area contributed by atoms with Crippen molar-refractivity contribution in [3.63, 3.8) is 0 Å². The van der Waals surface area contributed by atoms with E-state index in [-0.39, 0.29) is 64.1 Å². The minimum Gasteiger partial charge on any atom is -0.744 e. The maximum atomic E-state index is 12.2. The van der Waals surface area contributed by atoms with E-state index in [1.807, 2.05) is 0 Å². The first-order valence-corrected chi connectivity index (χ1v) is 26.8. The largest absolute Gasteiger partial charge is 0.744 e. The van der Waals surface area contributed by atoms with Crippen LogP contribution in [0, 0.1) is 14.3 Å². The van der Waals surface area contributed by atoms with Crippen LogP contribution in [0.4, 0.5) is 26.3 Å². The topological polar surface area (TPSA) is 114 Å². The van der Waals surface area contributed by atoms with E-state index in [9.17, 15) is 39.3 Å². The lowest BCUT2D eigenvalue weighted by molar-refractivity contribution is -0.597. The van der Waals surface area contributed by atoms with Crippen LogP contribution in [0.1, 0.15) is 111 Å². The Morgan fingerprint density at radius 2 is 0.609 bits per heavy atom. The van der Waals surface area contributed by atoms with Crippen molar-refractivity contribution in [1.82, 2.24) is 0 Å². The fraction of sp³-hybridized carbons (Fsp3) is 0.375.